The molecule has 50 heavy (non-hydrogen) atoms. The Morgan fingerprint density at radius 3 is 2.36 bits per heavy atom. The third kappa shape index (κ3) is 9.52. The van der Waals surface area contributed by atoms with Gasteiger partial charge >= 0.3 is 0 Å². The van der Waals surface area contributed by atoms with Gasteiger partial charge in [-0.2, -0.15) is 0 Å². The Bertz CT molecular complexity index is 1600. The lowest BCUT2D eigenvalue weighted by Gasteiger charge is -2.30. The van der Waals surface area contributed by atoms with Crippen LogP contribution in [-0.4, -0.2) is 103 Å². The molecule has 13 heteroatoms. The number of amides is 1. The monoisotopic (exact) mass is 732 g/mol. The highest BCUT2D eigenvalue weighted by atomic mass is 35.5. The fraction of sp³-hybridized carbons (Fsp3) is 0.514. The molecule has 3 aromatic rings. The van der Waals surface area contributed by atoms with Gasteiger partial charge in [-0.05, 0) is 92.8 Å². The summed E-state index contributed by atoms with van der Waals surface area (Å²) < 4.78 is 12.8. The summed E-state index contributed by atoms with van der Waals surface area (Å²) in [4.78, 5) is 18.5. The molecule has 11 nitrogen and oxygen atoms in total. The molecule has 2 saturated carbocycles. The number of para-hydroxylation sites is 1. The molecule has 5 atom stereocenters. The van der Waals surface area contributed by atoms with E-state index in [1.165, 1.54) is 11.8 Å². The number of ether oxygens (including phenoxy) is 2. The van der Waals surface area contributed by atoms with Gasteiger partial charge in [0.1, 0.15) is 24.1 Å². The van der Waals surface area contributed by atoms with Crippen LogP contribution in [-0.2, 0) is 28.2 Å². The zero-order chi connectivity index (χ0) is 36.0. The van der Waals surface area contributed by atoms with Gasteiger partial charge in [0.05, 0.1) is 31.0 Å². The molecule has 6 N–H and O–H groups in total. The first-order chi connectivity index (χ1) is 23.9. The average Bonchev–Trinajstić information content (AvgIpc) is 4.06. The normalized spacial score (nSPS) is 18.2. The van der Waals surface area contributed by atoms with Gasteiger partial charge in [0.25, 0.3) is 5.91 Å². The van der Waals surface area contributed by atoms with Crippen molar-refractivity contribution in [3.8, 4) is 16.9 Å². The summed E-state index contributed by atoms with van der Waals surface area (Å²) in [5.74, 6) is -0.0622. The Balaban J connectivity index is 1.19. The minimum Gasteiger partial charge on any atom is -0.490 e. The van der Waals surface area contributed by atoms with Gasteiger partial charge in [0.2, 0.25) is 0 Å². The van der Waals surface area contributed by atoms with Crippen LogP contribution in [0.5, 0.6) is 5.75 Å². The van der Waals surface area contributed by atoms with Crippen molar-refractivity contribution in [2.24, 2.45) is 0 Å². The highest BCUT2D eigenvalue weighted by molar-refractivity contribution is 6.34. The summed E-state index contributed by atoms with van der Waals surface area (Å²) in [6, 6.07) is 13.7. The third-order valence-corrected chi connectivity index (χ3v) is 9.86. The number of aromatic nitrogens is 1. The summed E-state index contributed by atoms with van der Waals surface area (Å²) in [7, 11) is 0. The lowest BCUT2D eigenvalue weighted by Crippen LogP contribution is -2.53. The number of hydrogen-bond donors (Lipinski definition) is 6. The van der Waals surface area contributed by atoms with E-state index >= 15 is 0 Å². The van der Waals surface area contributed by atoms with Gasteiger partial charge in [-0.15, -0.1) is 0 Å². The summed E-state index contributed by atoms with van der Waals surface area (Å²) in [6.07, 6.45) is 0.637. The number of hydrogen-bond acceptors (Lipinski definition) is 10. The van der Waals surface area contributed by atoms with E-state index in [-0.39, 0.29) is 25.8 Å². The van der Waals surface area contributed by atoms with E-state index in [2.05, 4.69) is 11.1 Å². The molecule has 272 valence electrons. The second-order valence-electron chi connectivity index (χ2n) is 13.3. The largest absolute Gasteiger partial charge is 0.490 e. The number of rotatable bonds is 19. The molecular formula is C37H46Cl2N2O9. The van der Waals surface area contributed by atoms with E-state index in [4.69, 9.17) is 37.8 Å². The smallest absolute Gasteiger partial charge is 0.254 e. The minimum absolute atomic E-state index is 0.120. The number of nitrogens with zero attached hydrogens (tertiary/aromatic N) is 2. The lowest BCUT2D eigenvalue weighted by atomic mass is 9.96. The molecule has 0 bridgehead atoms. The Labute approximate surface area is 302 Å². The van der Waals surface area contributed by atoms with E-state index in [1.54, 1.807) is 6.20 Å². The van der Waals surface area contributed by atoms with Crippen LogP contribution >= 0.6 is 23.2 Å². The Kier molecular flexibility index (Phi) is 13.1. The molecule has 0 unspecified atom stereocenters. The molecule has 0 radical (unpaired) electrons. The van der Waals surface area contributed by atoms with Crippen molar-refractivity contribution in [1.82, 2.24) is 9.88 Å². The number of carbonyl (C=O) groups excluding carboxylic acids is 1. The van der Waals surface area contributed by atoms with Crippen molar-refractivity contribution in [1.29, 1.82) is 0 Å². The quantitative estimate of drug-likeness (QED) is 0.0997. The van der Waals surface area contributed by atoms with Crippen LogP contribution in [0.3, 0.4) is 0 Å². The predicted octanol–water partition coefficient (Wildman–Crippen LogP) is 3.77. The van der Waals surface area contributed by atoms with Crippen molar-refractivity contribution in [3.05, 3.63) is 81.6 Å². The van der Waals surface area contributed by atoms with Crippen molar-refractivity contribution in [2.45, 2.75) is 101 Å². The van der Waals surface area contributed by atoms with Crippen LogP contribution < -0.4 is 4.74 Å². The number of carbonyl (C=O) groups is 1. The standard InChI is InChI=1S/C37H46Cl2N2O9/c1-22(43)19-41(36(48)35(47)34(46)33(45)31(44)20-42)15-5-4-6-23-16-30(39)24(17-29(23)38)21-49-37(12-13-37)28-18-40-14-11-26(28)27-7-2-3-8-32(27)50-25-9-10-25/h2-3,7-8,11,14,16-18,22,25,31,33-35,42-47H,4-6,9-10,12-13,15,19-21H2,1H3/t22-,31-,33+,34-,35-/m0/s1. The van der Waals surface area contributed by atoms with Crippen LogP contribution in [0.25, 0.3) is 11.1 Å². The van der Waals surface area contributed by atoms with Gasteiger partial charge in [-0.1, -0.05) is 41.4 Å². The number of aryl methyl sites for hydroxylation is 1. The van der Waals surface area contributed by atoms with Crippen LogP contribution in [0.1, 0.15) is 62.1 Å². The predicted molar refractivity (Wildman–Crippen MR) is 188 cm³/mol. The van der Waals surface area contributed by atoms with Crippen molar-refractivity contribution in [3.63, 3.8) is 0 Å². The summed E-state index contributed by atoms with van der Waals surface area (Å²) in [5.41, 5.74) is 4.12. The second-order valence-corrected chi connectivity index (χ2v) is 14.1. The molecule has 2 aliphatic carbocycles. The molecule has 1 heterocycles. The second kappa shape index (κ2) is 17.1. The van der Waals surface area contributed by atoms with Crippen LogP contribution in [0, 0.1) is 0 Å². The fourth-order valence-electron chi connectivity index (χ4n) is 5.99. The van der Waals surface area contributed by atoms with E-state index in [0.717, 1.165) is 59.3 Å². The highest BCUT2D eigenvalue weighted by Crippen LogP contribution is 2.53. The molecule has 2 aliphatic rings. The van der Waals surface area contributed by atoms with E-state index < -0.39 is 48.6 Å². The van der Waals surface area contributed by atoms with Crippen LogP contribution in [0.15, 0.2) is 54.9 Å². The first-order valence-corrected chi connectivity index (χ1v) is 17.8. The topological polar surface area (TPSA) is 173 Å². The average molecular weight is 734 g/mol. The zero-order valence-corrected chi connectivity index (χ0v) is 29.5. The maximum atomic E-state index is 12.9. The van der Waals surface area contributed by atoms with Crippen molar-refractivity contribution < 1.29 is 44.9 Å². The van der Waals surface area contributed by atoms with Crippen LogP contribution in [0.2, 0.25) is 10.0 Å². The summed E-state index contributed by atoms with van der Waals surface area (Å²) >= 11 is 13.4. The van der Waals surface area contributed by atoms with Gasteiger partial charge < -0.3 is 45.0 Å². The molecule has 2 fully saturated rings. The first-order valence-electron chi connectivity index (χ1n) is 17.1. The SMILES string of the molecule is C[C@H](O)CN(CCCCc1cc(Cl)c(COC2(c3cnccc3-c3ccccc3OC3CC3)CC2)cc1Cl)C(=O)[C@@H](O)[C@@H](O)[C@H](O)[C@@H](O)CO. The molecule has 0 aliphatic heterocycles. The Morgan fingerprint density at radius 1 is 0.980 bits per heavy atom. The van der Waals surface area contributed by atoms with Gasteiger partial charge in [0.15, 0.2) is 6.10 Å². The minimum atomic E-state index is -2.07. The van der Waals surface area contributed by atoms with Crippen LogP contribution in [0.4, 0.5) is 0 Å². The molecule has 1 amide bonds. The van der Waals surface area contributed by atoms with Gasteiger partial charge in [0, 0.05) is 46.7 Å². The molecule has 0 saturated heterocycles. The Morgan fingerprint density at radius 2 is 1.68 bits per heavy atom. The molecule has 0 spiro atoms. The Hall–Kier alpha value is -2.84. The zero-order valence-electron chi connectivity index (χ0n) is 28.0. The molecular weight excluding hydrogens is 687 g/mol. The molecule has 2 aromatic carbocycles. The molecule has 5 rings (SSSR count). The van der Waals surface area contributed by atoms with E-state index in [1.807, 2.05) is 42.6 Å². The number of benzene rings is 2. The maximum absolute atomic E-state index is 12.9. The number of halogens is 2. The number of aliphatic hydroxyl groups is 6. The fourth-order valence-corrected chi connectivity index (χ4v) is 6.51. The molecule has 1 aromatic heterocycles. The lowest BCUT2D eigenvalue weighted by molar-refractivity contribution is -0.159. The van der Waals surface area contributed by atoms with E-state index in [9.17, 15) is 30.3 Å². The van der Waals surface area contributed by atoms with Crippen molar-refractivity contribution >= 4 is 29.1 Å². The highest BCUT2D eigenvalue weighted by Gasteiger charge is 2.48. The first kappa shape index (κ1) is 38.4. The number of unbranched alkanes of at least 4 members (excludes halogenated alkanes) is 1. The maximum Gasteiger partial charge on any atom is 0.254 e. The summed E-state index contributed by atoms with van der Waals surface area (Å²) in [6.45, 7) is 0.883. The van der Waals surface area contributed by atoms with Gasteiger partial charge in [-0.25, -0.2) is 0 Å². The summed E-state index contributed by atoms with van der Waals surface area (Å²) in [5, 5.41) is 60.0. The van der Waals surface area contributed by atoms with Crippen molar-refractivity contribution in [2.75, 3.05) is 19.7 Å². The van der Waals surface area contributed by atoms with E-state index in [0.29, 0.717) is 29.3 Å². The third-order valence-electron chi connectivity index (χ3n) is 9.16. The number of aliphatic hydroxyl groups excluding tert-OH is 6. The number of pyridine rings is 1. The van der Waals surface area contributed by atoms with Gasteiger partial charge in [-0.3, -0.25) is 9.78 Å².